The van der Waals surface area contributed by atoms with Crippen molar-refractivity contribution in [2.75, 3.05) is 27.2 Å². The number of hydrogen-bond donors (Lipinski definition) is 3. The molecule has 0 aliphatic heterocycles. The molecule has 3 N–H and O–H groups in total. The fourth-order valence-corrected chi connectivity index (χ4v) is 3.12. The molecule has 0 bridgehead atoms. The van der Waals surface area contributed by atoms with Crippen LogP contribution in [-0.2, 0) is 17.8 Å². The molecule has 0 fully saturated rings. The number of carbonyl (C=O) groups is 1. The second kappa shape index (κ2) is 12.8. The molecule has 1 aromatic heterocycles. The van der Waals surface area contributed by atoms with Gasteiger partial charge < -0.3 is 20.5 Å². The molecule has 0 saturated carbocycles. The standard InChI is InChI=1S/C23H27FN6O.HI/c1-25-23(27-13-12-26-22(31)14-17-8-10-19(24)11-9-17)30(2)16-21-28-15-20(29-21)18-6-4-3-5-7-18;/h3-11,15H,12-14,16H2,1-2H3,(H,25,27)(H,26,31)(H,28,29);1H. The average Bonchev–Trinajstić information content (AvgIpc) is 3.24. The lowest BCUT2D eigenvalue weighted by molar-refractivity contribution is -0.120. The van der Waals surface area contributed by atoms with Crippen LogP contribution in [-0.4, -0.2) is 53.9 Å². The van der Waals surface area contributed by atoms with E-state index in [4.69, 9.17) is 0 Å². The quantitative estimate of drug-likeness (QED) is 0.174. The molecule has 1 amide bonds. The molecule has 0 radical (unpaired) electrons. The topological polar surface area (TPSA) is 85.4 Å². The van der Waals surface area contributed by atoms with E-state index in [-0.39, 0.29) is 42.1 Å². The van der Waals surface area contributed by atoms with Crippen LogP contribution in [0.1, 0.15) is 11.4 Å². The maximum absolute atomic E-state index is 12.9. The Kier molecular flexibility index (Phi) is 10.1. The van der Waals surface area contributed by atoms with E-state index >= 15 is 0 Å². The van der Waals surface area contributed by atoms with E-state index < -0.39 is 0 Å². The number of carbonyl (C=O) groups excluding carboxylic acids is 1. The number of imidazole rings is 1. The lowest BCUT2D eigenvalue weighted by Crippen LogP contribution is -2.42. The van der Waals surface area contributed by atoms with Gasteiger partial charge >= 0.3 is 0 Å². The van der Waals surface area contributed by atoms with Gasteiger partial charge in [0, 0.05) is 27.2 Å². The number of amides is 1. The number of aliphatic imine (C=N–C) groups is 1. The second-order valence-corrected chi connectivity index (χ2v) is 7.09. The van der Waals surface area contributed by atoms with E-state index in [0.29, 0.717) is 25.6 Å². The summed E-state index contributed by atoms with van der Waals surface area (Å²) in [7, 11) is 3.64. The second-order valence-electron chi connectivity index (χ2n) is 7.09. The lowest BCUT2D eigenvalue weighted by atomic mass is 10.1. The average molecular weight is 550 g/mol. The Hall–Kier alpha value is -2.95. The first-order chi connectivity index (χ1) is 15.0. The summed E-state index contributed by atoms with van der Waals surface area (Å²) in [6.07, 6.45) is 2.04. The first kappa shape index (κ1) is 25.3. The maximum Gasteiger partial charge on any atom is 0.224 e. The number of benzene rings is 2. The van der Waals surface area contributed by atoms with E-state index in [1.54, 1.807) is 19.2 Å². The fraction of sp³-hybridized carbons (Fsp3) is 0.261. The van der Waals surface area contributed by atoms with Crippen molar-refractivity contribution in [2.24, 2.45) is 4.99 Å². The van der Waals surface area contributed by atoms with E-state index in [2.05, 4.69) is 25.6 Å². The number of halogens is 2. The zero-order chi connectivity index (χ0) is 22.1. The van der Waals surface area contributed by atoms with E-state index in [1.165, 1.54) is 12.1 Å². The molecule has 0 saturated heterocycles. The van der Waals surface area contributed by atoms with Gasteiger partial charge in [-0.3, -0.25) is 9.79 Å². The molecule has 0 aliphatic rings. The van der Waals surface area contributed by atoms with Gasteiger partial charge in [-0.1, -0.05) is 42.5 Å². The monoisotopic (exact) mass is 550 g/mol. The summed E-state index contributed by atoms with van der Waals surface area (Å²) in [5, 5.41) is 6.07. The third-order valence-corrected chi connectivity index (χ3v) is 4.68. The SMILES string of the molecule is CN=C(NCCNC(=O)Cc1ccc(F)cc1)N(C)Cc1ncc(-c2ccccc2)[nH]1.I. The minimum atomic E-state index is -0.310. The van der Waals surface area contributed by atoms with Crippen molar-refractivity contribution in [1.82, 2.24) is 25.5 Å². The van der Waals surface area contributed by atoms with Crippen LogP contribution in [0.15, 0.2) is 65.8 Å². The number of nitrogens with one attached hydrogen (secondary N) is 3. The molecule has 3 rings (SSSR count). The van der Waals surface area contributed by atoms with E-state index in [0.717, 1.165) is 22.6 Å². The Labute approximate surface area is 204 Å². The first-order valence-electron chi connectivity index (χ1n) is 10.1. The summed E-state index contributed by atoms with van der Waals surface area (Å²) in [5.41, 5.74) is 2.83. The number of nitrogens with zero attached hydrogens (tertiary/aromatic N) is 3. The molecule has 1 heterocycles. The largest absolute Gasteiger partial charge is 0.354 e. The number of hydrogen-bond acceptors (Lipinski definition) is 3. The van der Waals surface area contributed by atoms with Crippen molar-refractivity contribution < 1.29 is 9.18 Å². The Bertz CT molecular complexity index is 1010. The molecule has 3 aromatic rings. The lowest BCUT2D eigenvalue weighted by Gasteiger charge is -2.21. The minimum absolute atomic E-state index is 0. The Morgan fingerprint density at radius 1 is 1.09 bits per heavy atom. The molecule has 0 unspecified atom stereocenters. The van der Waals surface area contributed by atoms with Crippen LogP contribution in [0.2, 0.25) is 0 Å². The third-order valence-electron chi connectivity index (χ3n) is 4.68. The minimum Gasteiger partial charge on any atom is -0.354 e. The zero-order valence-electron chi connectivity index (χ0n) is 18.1. The predicted octanol–water partition coefficient (Wildman–Crippen LogP) is 3.20. The summed E-state index contributed by atoms with van der Waals surface area (Å²) in [4.78, 5) is 26.0. The van der Waals surface area contributed by atoms with Gasteiger partial charge in [0.15, 0.2) is 5.96 Å². The highest BCUT2D eigenvalue weighted by atomic mass is 127. The van der Waals surface area contributed by atoms with Gasteiger partial charge in [-0.05, 0) is 23.3 Å². The summed E-state index contributed by atoms with van der Waals surface area (Å²) in [5.74, 6) is 1.11. The Balaban J connectivity index is 0.00000363. The number of aromatic nitrogens is 2. The van der Waals surface area contributed by atoms with Crippen molar-refractivity contribution in [3.8, 4) is 11.3 Å². The van der Waals surface area contributed by atoms with Crippen molar-refractivity contribution in [3.63, 3.8) is 0 Å². The Morgan fingerprint density at radius 2 is 1.78 bits per heavy atom. The van der Waals surface area contributed by atoms with Crippen LogP contribution in [0.4, 0.5) is 4.39 Å². The summed E-state index contributed by atoms with van der Waals surface area (Å²) in [6, 6.07) is 16.0. The number of aromatic amines is 1. The molecular formula is C23H28FIN6O. The smallest absolute Gasteiger partial charge is 0.224 e. The summed E-state index contributed by atoms with van der Waals surface area (Å²) in [6.45, 7) is 1.54. The van der Waals surface area contributed by atoms with Gasteiger partial charge in [0.2, 0.25) is 5.91 Å². The molecule has 0 atom stereocenters. The predicted molar refractivity (Wildman–Crippen MR) is 135 cm³/mol. The molecule has 170 valence electrons. The highest BCUT2D eigenvalue weighted by Crippen LogP contribution is 2.16. The van der Waals surface area contributed by atoms with E-state index in [1.807, 2.05) is 48.5 Å². The van der Waals surface area contributed by atoms with Crippen molar-refractivity contribution in [1.29, 1.82) is 0 Å². The maximum atomic E-state index is 12.9. The van der Waals surface area contributed by atoms with Crippen LogP contribution in [0.5, 0.6) is 0 Å². The van der Waals surface area contributed by atoms with Crippen LogP contribution in [0, 0.1) is 5.82 Å². The summed E-state index contributed by atoms with van der Waals surface area (Å²) < 4.78 is 12.9. The number of rotatable bonds is 8. The molecule has 32 heavy (non-hydrogen) atoms. The molecule has 0 aliphatic carbocycles. The van der Waals surface area contributed by atoms with Crippen molar-refractivity contribution >= 4 is 35.8 Å². The molecular weight excluding hydrogens is 522 g/mol. The zero-order valence-corrected chi connectivity index (χ0v) is 20.5. The van der Waals surface area contributed by atoms with Gasteiger partial charge in [0.25, 0.3) is 0 Å². The highest BCUT2D eigenvalue weighted by Gasteiger charge is 2.10. The van der Waals surface area contributed by atoms with Gasteiger partial charge in [-0.15, -0.1) is 24.0 Å². The molecule has 9 heteroatoms. The Morgan fingerprint density at radius 3 is 2.47 bits per heavy atom. The molecule has 7 nitrogen and oxygen atoms in total. The van der Waals surface area contributed by atoms with Crippen molar-refractivity contribution in [3.05, 3.63) is 78.0 Å². The van der Waals surface area contributed by atoms with Crippen LogP contribution in [0.25, 0.3) is 11.3 Å². The third kappa shape index (κ3) is 7.63. The highest BCUT2D eigenvalue weighted by molar-refractivity contribution is 14.0. The van der Waals surface area contributed by atoms with Gasteiger partial charge in [-0.25, -0.2) is 9.37 Å². The van der Waals surface area contributed by atoms with E-state index in [9.17, 15) is 9.18 Å². The van der Waals surface area contributed by atoms with Gasteiger partial charge in [0.05, 0.1) is 24.9 Å². The summed E-state index contributed by atoms with van der Waals surface area (Å²) >= 11 is 0. The van der Waals surface area contributed by atoms with Gasteiger partial charge in [-0.2, -0.15) is 0 Å². The van der Waals surface area contributed by atoms with Crippen LogP contribution >= 0.6 is 24.0 Å². The number of H-pyrrole nitrogens is 1. The molecule has 2 aromatic carbocycles. The molecule has 0 spiro atoms. The fourth-order valence-electron chi connectivity index (χ4n) is 3.12. The number of guanidine groups is 1. The van der Waals surface area contributed by atoms with Crippen molar-refractivity contribution in [2.45, 2.75) is 13.0 Å². The normalized spacial score (nSPS) is 10.9. The van der Waals surface area contributed by atoms with Crippen LogP contribution < -0.4 is 10.6 Å². The van der Waals surface area contributed by atoms with Gasteiger partial charge in [0.1, 0.15) is 11.6 Å². The first-order valence-corrected chi connectivity index (χ1v) is 10.1. The van der Waals surface area contributed by atoms with Crippen LogP contribution in [0.3, 0.4) is 0 Å².